The zero-order valence-electron chi connectivity index (χ0n) is 10.2. The van der Waals surface area contributed by atoms with Crippen LogP contribution in [0.2, 0.25) is 0 Å². The zero-order valence-corrected chi connectivity index (χ0v) is 11.8. The number of rotatable bonds is 4. The van der Waals surface area contributed by atoms with Gasteiger partial charge in [0.2, 0.25) is 5.92 Å². The van der Waals surface area contributed by atoms with E-state index in [2.05, 4.69) is 21.2 Å². The van der Waals surface area contributed by atoms with Crippen LogP contribution >= 0.6 is 15.9 Å². The van der Waals surface area contributed by atoms with Gasteiger partial charge in [0, 0.05) is 29.9 Å². The van der Waals surface area contributed by atoms with Gasteiger partial charge in [0.1, 0.15) is 5.75 Å². The van der Waals surface area contributed by atoms with E-state index in [0.29, 0.717) is 13.0 Å². The quantitative estimate of drug-likeness (QED) is 0.893. The predicted molar refractivity (Wildman–Crippen MR) is 71.5 cm³/mol. The van der Waals surface area contributed by atoms with Crippen LogP contribution in [0, 0.1) is 5.92 Å². The summed E-state index contributed by atoms with van der Waals surface area (Å²) in [7, 11) is 1.60. The van der Waals surface area contributed by atoms with Gasteiger partial charge in [-0.15, -0.1) is 0 Å². The summed E-state index contributed by atoms with van der Waals surface area (Å²) in [4.78, 5) is 0. The molecule has 0 radical (unpaired) electrons. The normalized spacial score (nSPS) is 21.9. The third-order valence-electron chi connectivity index (χ3n) is 3.26. The predicted octanol–water partition coefficient (Wildman–Crippen LogP) is 4.31. The summed E-state index contributed by atoms with van der Waals surface area (Å²) < 4.78 is 32.2. The average Bonchev–Trinajstić information content (AvgIpc) is 2.68. The molecule has 2 rings (SSSR count). The lowest BCUT2D eigenvalue weighted by atomic mass is 10.1. The molecule has 18 heavy (non-hydrogen) atoms. The highest BCUT2D eigenvalue weighted by molar-refractivity contribution is 9.10. The molecule has 1 atom stereocenters. The van der Waals surface area contributed by atoms with Crippen molar-refractivity contribution in [2.75, 3.05) is 19.0 Å². The second kappa shape index (κ2) is 5.43. The van der Waals surface area contributed by atoms with Crippen molar-refractivity contribution < 1.29 is 13.5 Å². The van der Waals surface area contributed by atoms with Gasteiger partial charge in [0.25, 0.3) is 0 Å². The Hall–Kier alpha value is -0.840. The van der Waals surface area contributed by atoms with Crippen LogP contribution in [0.15, 0.2) is 22.7 Å². The minimum Gasteiger partial charge on any atom is -0.497 e. The molecule has 1 aliphatic carbocycles. The van der Waals surface area contributed by atoms with E-state index in [1.165, 1.54) is 0 Å². The van der Waals surface area contributed by atoms with Crippen molar-refractivity contribution in [3.63, 3.8) is 0 Å². The first-order valence-electron chi connectivity index (χ1n) is 5.95. The van der Waals surface area contributed by atoms with Crippen LogP contribution in [0.1, 0.15) is 19.3 Å². The van der Waals surface area contributed by atoms with E-state index in [9.17, 15) is 8.78 Å². The molecule has 0 aromatic heterocycles. The van der Waals surface area contributed by atoms with Crippen LogP contribution in [0.4, 0.5) is 14.5 Å². The largest absolute Gasteiger partial charge is 0.497 e. The number of methoxy groups -OCH3 is 1. The van der Waals surface area contributed by atoms with Gasteiger partial charge >= 0.3 is 0 Å². The molecule has 1 fully saturated rings. The molecule has 1 aromatic rings. The fourth-order valence-electron chi connectivity index (χ4n) is 2.24. The Bertz CT molecular complexity index is 425. The van der Waals surface area contributed by atoms with Crippen molar-refractivity contribution >= 4 is 21.6 Å². The highest BCUT2D eigenvalue weighted by Crippen LogP contribution is 2.39. The van der Waals surface area contributed by atoms with Crippen molar-refractivity contribution in [1.29, 1.82) is 0 Å². The van der Waals surface area contributed by atoms with E-state index in [4.69, 9.17) is 4.74 Å². The molecule has 0 bridgehead atoms. The Kier molecular flexibility index (Phi) is 4.10. The van der Waals surface area contributed by atoms with Crippen LogP contribution < -0.4 is 10.1 Å². The molecule has 0 aliphatic heterocycles. The van der Waals surface area contributed by atoms with E-state index in [1.807, 2.05) is 18.2 Å². The number of halogens is 3. The van der Waals surface area contributed by atoms with Gasteiger partial charge in [0.05, 0.1) is 12.8 Å². The molecule has 1 aliphatic rings. The molecule has 5 heteroatoms. The molecule has 0 amide bonds. The lowest BCUT2D eigenvalue weighted by molar-refractivity contribution is 0.00556. The van der Waals surface area contributed by atoms with Gasteiger partial charge in [-0.25, -0.2) is 8.78 Å². The van der Waals surface area contributed by atoms with E-state index in [-0.39, 0.29) is 18.8 Å². The minimum atomic E-state index is -2.47. The Balaban J connectivity index is 1.94. The summed E-state index contributed by atoms with van der Waals surface area (Å²) in [6, 6.07) is 5.58. The maximum Gasteiger partial charge on any atom is 0.248 e. The molecular formula is C13H16BrF2NO. The van der Waals surface area contributed by atoms with Crippen LogP contribution in [0.25, 0.3) is 0 Å². The van der Waals surface area contributed by atoms with Gasteiger partial charge in [-0.05, 0) is 40.4 Å². The Morgan fingerprint density at radius 2 is 2.28 bits per heavy atom. The van der Waals surface area contributed by atoms with Crippen LogP contribution in [0.3, 0.4) is 0 Å². The SMILES string of the molecule is COc1ccc(Br)c(NCC2CCC(F)(F)C2)c1. The Morgan fingerprint density at radius 3 is 2.89 bits per heavy atom. The highest BCUT2D eigenvalue weighted by Gasteiger charge is 2.39. The number of benzene rings is 1. The molecule has 1 unspecified atom stereocenters. The molecule has 1 N–H and O–H groups in total. The van der Waals surface area contributed by atoms with E-state index >= 15 is 0 Å². The maximum absolute atomic E-state index is 13.1. The van der Waals surface area contributed by atoms with Gasteiger partial charge < -0.3 is 10.1 Å². The first kappa shape index (κ1) is 13.6. The maximum atomic E-state index is 13.1. The molecule has 0 heterocycles. The van der Waals surface area contributed by atoms with Crippen LogP contribution in [-0.2, 0) is 0 Å². The fraction of sp³-hybridized carbons (Fsp3) is 0.538. The minimum absolute atomic E-state index is 0.0123. The summed E-state index contributed by atoms with van der Waals surface area (Å²) in [5.74, 6) is -1.69. The summed E-state index contributed by atoms with van der Waals surface area (Å²) in [5.41, 5.74) is 0.879. The van der Waals surface area contributed by atoms with Gasteiger partial charge in [-0.1, -0.05) is 0 Å². The third kappa shape index (κ3) is 3.34. The summed E-state index contributed by atoms with van der Waals surface area (Å²) in [6.45, 7) is 0.571. The topological polar surface area (TPSA) is 21.3 Å². The van der Waals surface area contributed by atoms with Crippen LogP contribution in [-0.4, -0.2) is 19.6 Å². The zero-order chi connectivity index (χ0) is 13.2. The number of anilines is 1. The first-order chi connectivity index (χ1) is 8.50. The monoisotopic (exact) mass is 319 g/mol. The van der Waals surface area contributed by atoms with Crippen molar-refractivity contribution in [3.8, 4) is 5.75 Å². The van der Waals surface area contributed by atoms with Gasteiger partial charge in [-0.3, -0.25) is 0 Å². The molecule has 0 saturated heterocycles. The number of hydrogen-bond donors (Lipinski definition) is 1. The lowest BCUT2D eigenvalue weighted by Gasteiger charge is -2.14. The van der Waals surface area contributed by atoms with E-state index in [1.54, 1.807) is 7.11 Å². The number of ether oxygens (including phenoxy) is 1. The van der Waals surface area contributed by atoms with Crippen molar-refractivity contribution in [3.05, 3.63) is 22.7 Å². The molecular weight excluding hydrogens is 304 g/mol. The molecule has 0 spiro atoms. The smallest absolute Gasteiger partial charge is 0.248 e. The van der Waals surface area contributed by atoms with Crippen molar-refractivity contribution in [1.82, 2.24) is 0 Å². The molecule has 1 aromatic carbocycles. The first-order valence-corrected chi connectivity index (χ1v) is 6.75. The third-order valence-corrected chi connectivity index (χ3v) is 3.95. The van der Waals surface area contributed by atoms with Crippen molar-refractivity contribution in [2.45, 2.75) is 25.2 Å². The van der Waals surface area contributed by atoms with Gasteiger partial charge in [0.15, 0.2) is 0 Å². The summed E-state index contributed by atoms with van der Waals surface area (Å²) in [6.07, 6.45) is 0.585. The van der Waals surface area contributed by atoms with E-state index in [0.717, 1.165) is 15.9 Å². The fourth-order valence-corrected chi connectivity index (χ4v) is 2.62. The second-order valence-electron chi connectivity index (χ2n) is 4.69. The molecule has 100 valence electrons. The van der Waals surface area contributed by atoms with Crippen molar-refractivity contribution in [2.24, 2.45) is 5.92 Å². The van der Waals surface area contributed by atoms with Crippen LogP contribution in [0.5, 0.6) is 5.75 Å². The number of alkyl halides is 2. The number of nitrogens with one attached hydrogen (secondary N) is 1. The number of hydrogen-bond acceptors (Lipinski definition) is 2. The summed E-state index contributed by atoms with van der Waals surface area (Å²) >= 11 is 3.43. The lowest BCUT2D eigenvalue weighted by Crippen LogP contribution is -2.15. The Morgan fingerprint density at radius 1 is 1.50 bits per heavy atom. The molecule has 2 nitrogen and oxygen atoms in total. The standard InChI is InChI=1S/C13H16BrF2NO/c1-18-10-2-3-11(14)12(6-10)17-8-9-4-5-13(15,16)7-9/h2-3,6,9,17H,4-5,7-8H2,1H3. The summed E-state index contributed by atoms with van der Waals surface area (Å²) in [5, 5.41) is 3.21. The average molecular weight is 320 g/mol. The Labute approximate surface area is 114 Å². The van der Waals surface area contributed by atoms with Gasteiger partial charge in [-0.2, -0.15) is 0 Å². The van der Waals surface area contributed by atoms with E-state index < -0.39 is 5.92 Å². The highest BCUT2D eigenvalue weighted by atomic mass is 79.9. The second-order valence-corrected chi connectivity index (χ2v) is 5.55. The molecule has 1 saturated carbocycles.